The molecule has 0 saturated heterocycles. The predicted molar refractivity (Wildman–Crippen MR) is 101 cm³/mol. The summed E-state index contributed by atoms with van der Waals surface area (Å²) in [7, 11) is -3.44. The third-order valence-electron chi connectivity index (χ3n) is 5.25. The Morgan fingerprint density at radius 3 is 2.85 bits per heavy atom. The second-order valence-corrected chi connectivity index (χ2v) is 8.96. The van der Waals surface area contributed by atoms with Crippen molar-refractivity contribution in [2.75, 3.05) is 30.2 Å². The van der Waals surface area contributed by atoms with Crippen molar-refractivity contribution >= 4 is 22.0 Å². The number of rotatable bonds is 6. The number of fused-ring (bicyclic) bond motifs is 1. The van der Waals surface area contributed by atoms with E-state index in [2.05, 4.69) is 14.6 Å². The van der Waals surface area contributed by atoms with Gasteiger partial charge in [0.1, 0.15) is 11.4 Å². The van der Waals surface area contributed by atoms with Crippen LogP contribution in [0.1, 0.15) is 44.2 Å². The van der Waals surface area contributed by atoms with Gasteiger partial charge in [0.05, 0.1) is 37.4 Å². The topological polar surface area (TPSA) is 80.2 Å². The van der Waals surface area contributed by atoms with Gasteiger partial charge in [-0.1, -0.05) is 0 Å². The first-order chi connectivity index (χ1) is 12.6. The van der Waals surface area contributed by atoms with Crippen molar-refractivity contribution in [3.63, 3.8) is 0 Å². The Morgan fingerprint density at radius 1 is 1.35 bits per heavy atom. The maximum Gasteiger partial charge on any atom is 0.232 e. The highest BCUT2D eigenvalue weighted by atomic mass is 32.2. The average Bonchev–Trinajstić information content (AvgIpc) is 3.13. The number of sulfonamides is 1. The standard InChI is InChI=1S/C18H25N3O4S/c1-2-26(22,23)20-17-16(25-13-4-3-5-13)7-6-14-15(8-11-24-18(14)17)21-10-9-19-12-21/h6-7,12-13,15,20H,2-5,8-11H2,1H3. The van der Waals surface area contributed by atoms with E-state index in [1.807, 2.05) is 18.5 Å². The van der Waals surface area contributed by atoms with Crippen LogP contribution in [0.2, 0.25) is 0 Å². The smallest absolute Gasteiger partial charge is 0.232 e. The van der Waals surface area contributed by atoms with E-state index in [9.17, 15) is 8.42 Å². The van der Waals surface area contributed by atoms with Crippen LogP contribution >= 0.6 is 0 Å². The summed E-state index contributed by atoms with van der Waals surface area (Å²) in [5.41, 5.74) is 1.43. The van der Waals surface area contributed by atoms with Gasteiger partial charge in [-0.2, -0.15) is 0 Å². The molecule has 3 aliphatic rings. The van der Waals surface area contributed by atoms with Crippen LogP contribution in [-0.2, 0) is 10.0 Å². The summed E-state index contributed by atoms with van der Waals surface area (Å²) in [5.74, 6) is 1.15. The van der Waals surface area contributed by atoms with Crippen LogP contribution < -0.4 is 14.2 Å². The molecule has 0 aromatic heterocycles. The minimum absolute atomic E-state index is 0.00173. The van der Waals surface area contributed by atoms with Crippen LogP contribution in [0.5, 0.6) is 11.5 Å². The summed E-state index contributed by atoms with van der Waals surface area (Å²) in [6.45, 7) is 3.83. The largest absolute Gasteiger partial charge is 0.491 e. The Kier molecular flexibility index (Phi) is 4.69. The van der Waals surface area contributed by atoms with Crippen LogP contribution in [0.15, 0.2) is 17.1 Å². The number of hydrogen-bond acceptors (Lipinski definition) is 6. The third kappa shape index (κ3) is 3.34. The molecule has 2 heterocycles. The van der Waals surface area contributed by atoms with Gasteiger partial charge in [-0.15, -0.1) is 0 Å². The molecule has 142 valence electrons. The quantitative estimate of drug-likeness (QED) is 0.822. The minimum Gasteiger partial charge on any atom is -0.491 e. The van der Waals surface area contributed by atoms with Gasteiger partial charge in [-0.05, 0) is 38.3 Å². The van der Waals surface area contributed by atoms with Crippen LogP contribution in [-0.4, -0.2) is 51.2 Å². The zero-order valence-electron chi connectivity index (χ0n) is 15.0. The molecular weight excluding hydrogens is 354 g/mol. The molecular formula is C18H25N3O4S. The first-order valence-electron chi connectivity index (χ1n) is 9.30. The number of hydrogen-bond donors (Lipinski definition) is 1. The van der Waals surface area contributed by atoms with Crippen molar-refractivity contribution < 1.29 is 17.9 Å². The van der Waals surface area contributed by atoms with Gasteiger partial charge >= 0.3 is 0 Å². The molecule has 4 rings (SSSR count). The van der Waals surface area contributed by atoms with Crippen molar-refractivity contribution in [1.29, 1.82) is 0 Å². The molecule has 0 radical (unpaired) electrons. The lowest BCUT2D eigenvalue weighted by atomic mass is 9.95. The SMILES string of the molecule is CCS(=O)(=O)Nc1c(OC2CCC2)ccc2c1OCCC2N1C=NCC1. The molecule has 0 amide bonds. The first-order valence-corrected chi connectivity index (χ1v) is 10.9. The summed E-state index contributed by atoms with van der Waals surface area (Å²) < 4.78 is 39.2. The summed E-state index contributed by atoms with van der Waals surface area (Å²) in [6.07, 6.45) is 6.05. The molecule has 8 heteroatoms. The third-order valence-corrected chi connectivity index (χ3v) is 6.52. The van der Waals surface area contributed by atoms with Gasteiger partial charge in [-0.3, -0.25) is 9.71 Å². The van der Waals surface area contributed by atoms with E-state index in [4.69, 9.17) is 9.47 Å². The number of ether oxygens (including phenoxy) is 2. The van der Waals surface area contributed by atoms with E-state index < -0.39 is 10.0 Å². The molecule has 1 aliphatic carbocycles. The van der Waals surface area contributed by atoms with Crippen molar-refractivity contribution in [2.24, 2.45) is 4.99 Å². The highest BCUT2D eigenvalue weighted by Crippen LogP contribution is 2.46. The molecule has 7 nitrogen and oxygen atoms in total. The van der Waals surface area contributed by atoms with Crippen LogP contribution in [0.4, 0.5) is 5.69 Å². The van der Waals surface area contributed by atoms with E-state index in [0.29, 0.717) is 23.8 Å². The lowest BCUT2D eigenvalue weighted by molar-refractivity contribution is 0.120. The summed E-state index contributed by atoms with van der Waals surface area (Å²) in [5, 5.41) is 0. The molecule has 2 aliphatic heterocycles. The van der Waals surface area contributed by atoms with Crippen molar-refractivity contribution in [3.05, 3.63) is 17.7 Å². The van der Waals surface area contributed by atoms with Crippen LogP contribution in [0, 0.1) is 0 Å². The van der Waals surface area contributed by atoms with Gasteiger partial charge in [0, 0.05) is 18.5 Å². The Labute approximate surface area is 154 Å². The lowest BCUT2D eigenvalue weighted by Gasteiger charge is -2.34. The fourth-order valence-electron chi connectivity index (χ4n) is 3.49. The number of aliphatic imine (C=N–C) groups is 1. The fourth-order valence-corrected chi connectivity index (χ4v) is 4.14. The zero-order chi connectivity index (χ0) is 18.1. The Morgan fingerprint density at radius 2 is 2.19 bits per heavy atom. The summed E-state index contributed by atoms with van der Waals surface area (Å²) in [4.78, 5) is 6.51. The Balaban J connectivity index is 1.73. The van der Waals surface area contributed by atoms with Gasteiger partial charge in [-0.25, -0.2) is 8.42 Å². The molecule has 1 saturated carbocycles. The van der Waals surface area contributed by atoms with Gasteiger partial charge < -0.3 is 14.4 Å². The fraction of sp³-hybridized carbons (Fsp3) is 0.611. The van der Waals surface area contributed by atoms with Crippen molar-refractivity contribution in [3.8, 4) is 11.5 Å². The summed E-state index contributed by atoms with van der Waals surface area (Å²) >= 11 is 0. The Hall–Kier alpha value is -1.96. The van der Waals surface area contributed by atoms with Gasteiger partial charge in [0.15, 0.2) is 5.75 Å². The maximum absolute atomic E-state index is 12.3. The van der Waals surface area contributed by atoms with E-state index in [0.717, 1.165) is 44.3 Å². The Bertz CT molecular complexity index is 805. The van der Waals surface area contributed by atoms with E-state index in [1.165, 1.54) is 0 Å². The monoisotopic (exact) mass is 379 g/mol. The number of benzene rings is 1. The molecule has 1 aromatic carbocycles. The molecule has 1 aromatic rings. The molecule has 1 atom stereocenters. The molecule has 0 bridgehead atoms. The maximum atomic E-state index is 12.3. The zero-order valence-corrected chi connectivity index (χ0v) is 15.8. The molecule has 26 heavy (non-hydrogen) atoms. The molecule has 1 N–H and O–H groups in total. The second-order valence-electron chi connectivity index (χ2n) is 6.95. The number of anilines is 1. The van der Waals surface area contributed by atoms with Gasteiger partial charge in [0.2, 0.25) is 10.0 Å². The van der Waals surface area contributed by atoms with Gasteiger partial charge in [0.25, 0.3) is 0 Å². The highest BCUT2D eigenvalue weighted by molar-refractivity contribution is 7.92. The van der Waals surface area contributed by atoms with Crippen molar-refractivity contribution in [2.45, 2.75) is 44.8 Å². The molecule has 0 spiro atoms. The first kappa shape index (κ1) is 17.5. The normalized spacial score (nSPS) is 22.5. The van der Waals surface area contributed by atoms with E-state index in [-0.39, 0.29) is 17.9 Å². The van der Waals surface area contributed by atoms with E-state index >= 15 is 0 Å². The lowest BCUT2D eigenvalue weighted by Crippen LogP contribution is -2.31. The molecule has 1 fully saturated rings. The second kappa shape index (κ2) is 6.98. The van der Waals surface area contributed by atoms with Crippen LogP contribution in [0.3, 0.4) is 0 Å². The summed E-state index contributed by atoms with van der Waals surface area (Å²) in [6, 6.07) is 4.02. The van der Waals surface area contributed by atoms with Crippen molar-refractivity contribution in [1.82, 2.24) is 4.90 Å². The van der Waals surface area contributed by atoms with Crippen LogP contribution in [0.25, 0.3) is 0 Å². The molecule has 1 unspecified atom stereocenters. The number of nitrogens with one attached hydrogen (secondary N) is 1. The average molecular weight is 379 g/mol. The highest BCUT2D eigenvalue weighted by Gasteiger charge is 2.32. The minimum atomic E-state index is -3.44. The van der Waals surface area contributed by atoms with E-state index in [1.54, 1.807) is 6.92 Å². The number of nitrogens with zero attached hydrogens (tertiary/aromatic N) is 2. The predicted octanol–water partition coefficient (Wildman–Crippen LogP) is 2.55.